The van der Waals surface area contributed by atoms with Crippen molar-refractivity contribution in [1.82, 2.24) is 4.72 Å². The molecule has 1 heterocycles. The average molecular weight is 626 g/mol. The van der Waals surface area contributed by atoms with Gasteiger partial charge in [-0.25, -0.2) is 13.1 Å². The molecule has 0 radical (unpaired) electrons. The smallest absolute Gasteiger partial charge is 0.307 e. The first kappa shape index (κ1) is 34.5. The minimum atomic E-state index is -4.10. The second-order valence-corrected chi connectivity index (χ2v) is 14.3. The van der Waals surface area contributed by atoms with E-state index in [0.29, 0.717) is 0 Å². The van der Waals surface area contributed by atoms with E-state index in [1.807, 2.05) is 29.6 Å². The molecular formula is C35H47NO5S2. The van der Waals surface area contributed by atoms with Crippen molar-refractivity contribution in [1.29, 1.82) is 0 Å². The fourth-order valence-electron chi connectivity index (χ4n) is 5.20. The molecule has 0 saturated heterocycles. The molecule has 0 fully saturated rings. The fraction of sp³-hybridized carbons (Fsp3) is 0.486. The van der Waals surface area contributed by atoms with Crippen LogP contribution in [0.4, 0.5) is 0 Å². The third-order valence-electron chi connectivity index (χ3n) is 7.68. The summed E-state index contributed by atoms with van der Waals surface area (Å²) in [6.45, 7) is 5.05. The van der Waals surface area contributed by atoms with Gasteiger partial charge in [0, 0.05) is 10.8 Å². The van der Waals surface area contributed by atoms with Gasteiger partial charge < -0.3 is 4.74 Å². The molecule has 0 aliphatic rings. The zero-order valence-corrected chi connectivity index (χ0v) is 27.5. The lowest BCUT2D eigenvalue weighted by Gasteiger charge is -2.26. The summed E-state index contributed by atoms with van der Waals surface area (Å²) in [4.78, 5) is 27.2. The summed E-state index contributed by atoms with van der Waals surface area (Å²) >= 11 is 1.58. The van der Waals surface area contributed by atoms with E-state index < -0.39 is 27.5 Å². The van der Waals surface area contributed by atoms with E-state index in [2.05, 4.69) is 23.8 Å². The lowest BCUT2D eigenvalue weighted by molar-refractivity contribution is -0.164. The predicted molar refractivity (Wildman–Crippen MR) is 175 cm³/mol. The number of aryl methyl sites for hydroxylation is 1. The van der Waals surface area contributed by atoms with Gasteiger partial charge in [-0.05, 0) is 61.4 Å². The summed E-state index contributed by atoms with van der Waals surface area (Å²) in [6.07, 6.45) is 13.8. The summed E-state index contributed by atoms with van der Waals surface area (Å²) in [7, 11) is -4.10. The highest BCUT2D eigenvalue weighted by Crippen LogP contribution is 2.35. The van der Waals surface area contributed by atoms with Crippen molar-refractivity contribution in [3.63, 3.8) is 0 Å². The molecule has 2 aromatic carbocycles. The summed E-state index contributed by atoms with van der Waals surface area (Å²) in [5.41, 5.74) is 0.625. The Morgan fingerprint density at radius 3 is 2.05 bits per heavy atom. The molecule has 0 aliphatic heterocycles. The molecule has 1 atom stereocenters. The number of hydrogen-bond donors (Lipinski definition) is 1. The minimum Gasteiger partial charge on any atom is -0.449 e. The molecule has 3 aromatic rings. The van der Waals surface area contributed by atoms with Crippen LogP contribution in [0.2, 0.25) is 0 Å². The van der Waals surface area contributed by atoms with Crippen LogP contribution in [0.15, 0.2) is 77.0 Å². The van der Waals surface area contributed by atoms with Crippen LogP contribution in [-0.2, 0) is 30.8 Å². The van der Waals surface area contributed by atoms with E-state index in [1.54, 1.807) is 29.5 Å². The number of nitrogens with one attached hydrogen (secondary N) is 1. The standard InChI is InChI=1S/C35H47NO5S2/c1-4-5-6-7-8-9-10-11-12-14-20-28-21-17-18-24-30(28)31(32-25-19-26-42-32)27-33(37)41-35(2,3)34(38)36-43(39,40)29-22-15-13-16-23-29/h13,15-19,21-26,31H,4-12,14,20,27H2,1-3H3,(H,36,38). The zero-order chi connectivity index (χ0) is 31.1. The third-order valence-corrected chi connectivity index (χ3v) is 10.0. The number of amides is 1. The molecule has 0 spiro atoms. The van der Waals surface area contributed by atoms with E-state index >= 15 is 0 Å². The van der Waals surface area contributed by atoms with Gasteiger partial charge in [-0.2, -0.15) is 0 Å². The van der Waals surface area contributed by atoms with Crippen molar-refractivity contribution in [2.24, 2.45) is 0 Å². The van der Waals surface area contributed by atoms with Gasteiger partial charge in [0.25, 0.3) is 15.9 Å². The Bertz CT molecular complexity index is 1370. The Balaban J connectivity index is 1.61. The van der Waals surface area contributed by atoms with Gasteiger partial charge in [-0.3, -0.25) is 9.59 Å². The average Bonchev–Trinajstić information content (AvgIpc) is 3.52. The first-order valence-corrected chi connectivity index (χ1v) is 18.0. The molecule has 6 nitrogen and oxygen atoms in total. The summed E-state index contributed by atoms with van der Waals surface area (Å²) in [6, 6.07) is 19.9. The fourth-order valence-corrected chi connectivity index (χ4v) is 7.17. The number of benzene rings is 2. The van der Waals surface area contributed by atoms with Gasteiger partial charge in [0.2, 0.25) is 0 Å². The van der Waals surface area contributed by atoms with Gasteiger partial charge in [0.05, 0.1) is 11.3 Å². The van der Waals surface area contributed by atoms with Gasteiger partial charge in [-0.1, -0.05) is 113 Å². The maximum atomic E-state index is 13.3. The molecule has 1 unspecified atom stereocenters. The Hall–Kier alpha value is -2.97. The summed E-state index contributed by atoms with van der Waals surface area (Å²) in [5.74, 6) is -1.69. The first-order valence-electron chi connectivity index (χ1n) is 15.6. The number of thiophene rings is 1. The maximum absolute atomic E-state index is 13.3. The number of ether oxygens (including phenoxy) is 1. The number of rotatable bonds is 19. The molecule has 0 aliphatic carbocycles. The van der Waals surface area contributed by atoms with Gasteiger partial charge in [0.15, 0.2) is 5.60 Å². The van der Waals surface area contributed by atoms with Crippen LogP contribution in [0.5, 0.6) is 0 Å². The van der Waals surface area contributed by atoms with Crippen molar-refractivity contribution in [3.05, 3.63) is 88.1 Å². The first-order chi connectivity index (χ1) is 20.6. The largest absolute Gasteiger partial charge is 0.449 e. The number of carbonyl (C=O) groups is 2. The third kappa shape index (κ3) is 11.2. The van der Waals surface area contributed by atoms with Crippen LogP contribution in [0.1, 0.15) is 113 Å². The highest BCUT2D eigenvalue weighted by molar-refractivity contribution is 7.90. The SMILES string of the molecule is CCCCCCCCCCCCc1ccccc1C(CC(=O)OC(C)(C)C(=O)NS(=O)(=O)c1ccccc1)c1cccs1. The lowest BCUT2D eigenvalue weighted by atomic mass is 9.88. The summed E-state index contributed by atoms with van der Waals surface area (Å²) in [5, 5.41) is 1.99. The molecule has 0 saturated carbocycles. The second-order valence-electron chi connectivity index (χ2n) is 11.6. The quantitative estimate of drug-likeness (QED) is 0.106. The number of hydrogen-bond acceptors (Lipinski definition) is 6. The number of unbranched alkanes of at least 4 members (excludes halogenated alkanes) is 9. The van der Waals surface area contributed by atoms with E-state index in [1.165, 1.54) is 89.3 Å². The maximum Gasteiger partial charge on any atom is 0.307 e. The van der Waals surface area contributed by atoms with Gasteiger partial charge >= 0.3 is 5.97 Å². The topological polar surface area (TPSA) is 89.5 Å². The van der Waals surface area contributed by atoms with Crippen molar-refractivity contribution < 1.29 is 22.7 Å². The van der Waals surface area contributed by atoms with Crippen LogP contribution in [0.25, 0.3) is 0 Å². The van der Waals surface area contributed by atoms with Crippen LogP contribution in [0, 0.1) is 0 Å². The van der Waals surface area contributed by atoms with E-state index in [-0.39, 0.29) is 17.2 Å². The van der Waals surface area contributed by atoms with E-state index in [0.717, 1.165) is 23.3 Å². The van der Waals surface area contributed by atoms with Crippen LogP contribution >= 0.6 is 11.3 Å². The van der Waals surface area contributed by atoms with Crippen LogP contribution in [0.3, 0.4) is 0 Å². The Morgan fingerprint density at radius 1 is 0.814 bits per heavy atom. The Morgan fingerprint density at radius 2 is 1.42 bits per heavy atom. The van der Waals surface area contributed by atoms with Gasteiger partial charge in [0.1, 0.15) is 0 Å². The molecule has 234 valence electrons. The van der Waals surface area contributed by atoms with Crippen molar-refractivity contribution >= 4 is 33.2 Å². The molecule has 1 N–H and O–H groups in total. The molecule has 43 heavy (non-hydrogen) atoms. The molecule has 0 bridgehead atoms. The monoisotopic (exact) mass is 625 g/mol. The number of esters is 1. The van der Waals surface area contributed by atoms with Crippen LogP contribution in [-0.4, -0.2) is 25.9 Å². The lowest BCUT2D eigenvalue weighted by Crippen LogP contribution is -2.47. The molecule has 3 rings (SSSR count). The Kier molecular flexibility index (Phi) is 13.9. The molecular weight excluding hydrogens is 579 g/mol. The zero-order valence-electron chi connectivity index (χ0n) is 25.8. The highest BCUT2D eigenvalue weighted by atomic mass is 32.2. The highest BCUT2D eigenvalue weighted by Gasteiger charge is 2.36. The molecule has 1 amide bonds. The molecule has 1 aromatic heterocycles. The minimum absolute atomic E-state index is 0.0394. The van der Waals surface area contributed by atoms with E-state index in [9.17, 15) is 18.0 Å². The van der Waals surface area contributed by atoms with E-state index in [4.69, 9.17) is 4.74 Å². The number of sulfonamides is 1. The Labute approximate surface area is 262 Å². The van der Waals surface area contributed by atoms with Crippen molar-refractivity contribution in [2.45, 2.75) is 114 Å². The second kappa shape index (κ2) is 17.4. The van der Waals surface area contributed by atoms with Crippen molar-refractivity contribution in [3.8, 4) is 0 Å². The van der Waals surface area contributed by atoms with Gasteiger partial charge in [-0.15, -0.1) is 11.3 Å². The normalized spacial score (nSPS) is 12.5. The summed E-state index contributed by atoms with van der Waals surface area (Å²) < 4.78 is 33.0. The predicted octanol–water partition coefficient (Wildman–Crippen LogP) is 8.56. The van der Waals surface area contributed by atoms with Crippen molar-refractivity contribution in [2.75, 3.05) is 0 Å². The molecule has 8 heteroatoms. The number of carbonyl (C=O) groups excluding carboxylic acids is 2. The van der Waals surface area contributed by atoms with Crippen LogP contribution < -0.4 is 4.72 Å².